The number of methoxy groups -OCH3 is 1. The van der Waals surface area contributed by atoms with Gasteiger partial charge in [0.1, 0.15) is 11.6 Å². The molecule has 1 aromatic heterocycles. The largest absolute Gasteiger partial charge is 0.495 e. The van der Waals surface area contributed by atoms with Crippen molar-refractivity contribution in [3.8, 4) is 5.75 Å². The molecule has 1 N–H and O–H groups in total. The first-order valence-electron chi connectivity index (χ1n) is 4.78. The second-order valence-electron chi connectivity index (χ2n) is 3.06. The van der Waals surface area contributed by atoms with Crippen molar-refractivity contribution in [3.63, 3.8) is 0 Å². The molecule has 0 unspecified atom stereocenters. The minimum atomic E-state index is -0.251. The Morgan fingerprint density at radius 1 is 1.67 bits per heavy atom. The van der Waals surface area contributed by atoms with Crippen molar-refractivity contribution in [3.05, 3.63) is 32.8 Å². The van der Waals surface area contributed by atoms with Gasteiger partial charge in [0.25, 0.3) is 5.56 Å². The Bertz CT molecular complexity index is 624. The minimum Gasteiger partial charge on any atom is -0.495 e. The van der Waals surface area contributed by atoms with E-state index in [1.165, 1.54) is 7.11 Å². The maximum absolute atomic E-state index is 11.7. The fraction of sp³-hybridized carbons (Fsp3) is 0.200. The predicted octanol–water partition coefficient (Wildman–Crippen LogP) is 2.00. The van der Waals surface area contributed by atoms with Crippen LogP contribution in [-0.4, -0.2) is 17.1 Å². The zero-order valence-electron chi connectivity index (χ0n) is 9.22. The highest BCUT2D eigenvalue weighted by molar-refractivity contribution is 9.10. The molecular formula is C10H9BrN2O2. The SMILES string of the molecule is [2H]c1c(OC)c(Br)cc2c(=O)[nH]c(C)nc12. The van der Waals surface area contributed by atoms with Crippen molar-refractivity contribution in [2.24, 2.45) is 0 Å². The highest BCUT2D eigenvalue weighted by atomic mass is 79.9. The van der Waals surface area contributed by atoms with Crippen LogP contribution in [0.15, 0.2) is 21.4 Å². The van der Waals surface area contributed by atoms with Crippen molar-refractivity contribution >= 4 is 26.8 Å². The van der Waals surface area contributed by atoms with E-state index in [1.54, 1.807) is 13.0 Å². The summed E-state index contributed by atoms with van der Waals surface area (Å²) in [6.45, 7) is 1.68. The molecule has 0 amide bonds. The summed E-state index contributed by atoms with van der Waals surface area (Å²) < 4.78 is 13.6. The first-order valence-corrected chi connectivity index (χ1v) is 5.07. The van der Waals surface area contributed by atoms with Crippen molar-refractivity contribution in [2.45, 2.75) is 6.92 Å². The van der Waals surface area contributed by atoms with E-state index in [2.05, 4.69) is 25.9 Å². The number of rotatable bonds is 1. The summed E-state index contributed by atoms with van der Waals surface area (Å²) in [5, 5.41) is 0.378. The molecule has 0 bridgehead atoms. The highest BCUT2D eigenvalue weighted by Gasteiger charge is 2.07. The predicted molar refractivity (Wildman–Crippen MR) is 61.4 cm³/mol. The summed E-state index contributed by atoms with van der Waals surface area (Å²) in [6.07, 6.45) is 0. The van der Waals surface area contributed by atoms with Gasteiger partial charge in [-0.15, -0.1) is 0 Å². The summed E-state index contributed by atoms with van der Waals surface area (Å²) in [5.41, 5.74) is 0.0978. The van der Waals surface area contributed by atoms with Gasteiger partial charge in [-0.05, 0) is 28.9 Å². The lowest BCUT2D eigenvalue weighted by Gasteiger charge is -2.04. The number of aromatic amines is 1. The van der Waals surface area contributed by atoms with E-state index in [1.807, 2.05) is 0 Å². The Hall–Kier alpha value is -1.36. The molecule has 0 atom stereocenters. The average Bonchev–Trinajstić information content (AvgIpc) is 2.21. The van der Waals surface area contributed by atoms with Gasteiger partial charge in [-0.3, -0.25) is 4.79 Å². The highest BCUT2D eigenvalue weighted by Crippen LogP contribution is 2.27. The Kier molecular flexibility index (Phi) is 2.17. The van der Waals surface area contributed by atoms with Gasteiger partial charge in [-0.25, -0.2) is 4.98 Å². The average molecular weight is 270 g/mol. The number of nitrogens with one attached hydrogen (secondary N) is 1. The summed E-state index contributed by atoms with van der Waals surface area (Å²) in [7, 11) is 1.48. The van der Waals surface area contributed by atoms with Crippen LogP contribution in [0.4, 0.5) is 0 Å². The topological polar surface area (TPSA) is 55.0 Å². The van der Waals surface area contributed by atoms with Crippen LogP contribution < -0.4 is 10.3 Å². The number of ether oxygens (including phenoxy) is 1. The lowest BCUT2D eigenvalue weighted by Crippen LogP contribution is -2.09. The molecule has 15 heavy (non-hydrogen) atoms. The summed E-state index contributed by atoms with van der Waals surface area (Å²) in [4.78, 5) is 18.4. The van der Waals surface area contributed by atoms with Crippen LogP contribution in [0.5, 0.6) is 5.75 Å². The van der Waals surface area contributed by atoms with Crippen molar-refractivity contribution in [1.82, 2.24) is 9.97 Å². The van der Waals surface area contributed by atoms with Gasteiger partial charge < -0.3 is 9.72 Å². The van der Waals surface area contributed by atoms with E-state index in [-0.39, 0.29) is 11.6 Å². The van der Waals surface area contributed by atoms with Gasteiger partial charge in [-0.2, -0.15) is 0 Å². The third-order valence-corrected chi connectivity index (χ3v) is 2.59. The molecule has 4 nitrogen and oxygen atoms in total. The molecular weight excluding hydrogens is 260 g/mol. The van der Waals surface area contributed by atoms with E-state index in [9.17, 15) is 4.79 Å². The normalized spacial score (nSPS) is 11.5. The molecule has 0 aliphatic heterocycles. The van der Waals surface area contributed by atoms with Gasteiger partial charge in [0.05, 0.1) is 23.9 Å². The Labute approximate surface area is 95.8 Å². The zero-order valence-corrected chi connectivity index (χ0v) is 9.81. The lowest BCUT2D eigenvalue weighted by molar-refractivity contribution is 0.412. The molecule has 0 spiro atoms. The lowest BCUT2D eigenvalue weighted by atomic mass is 10.2. The van der Waals surface area contributed by atoms with Crippen molar-refractivity contribution in [1.29, 1.82) is 0 Å². The summed E-state index contributed by atoms with van der Waals surface area (Å²) in [6, 6.07) is 1.72. The van der Waals surface area contributed by atoms with Crippen molar-refractivity contribution in [2.75, 3.05) is 7.11 Å². The second-order valence-corrected chi connectivity index (χ2v) is 3.92. The van der Waals surface area contributed by atoms with Gasteiger partial charge >= 0.3 is 0 Å². The third-order valence-electron chi connectivity index (χ3n) is 2.00. The first-order chi connectivity index (χ1) is 7.54. The number of H-pyrrole nitrogens is 1. The minimum absolute atomic E-state index is 0.112. The van der Waals surface area contributed by atoms with E-state index in [0.29, 0.717) is 26.9 Å². The zero-order chi connectivity index (χ0) is 11.9. The number of aryl methyl sites for hydroxylation is 1. The number of aromatic nitrogens is 2. The van der Waals surface area contributed by atoms with E-state index in [0.717, 1.165) is 0 Å². The number of benzene rings is 1. The van der Waals surface area contributed by atoms with Crippen LogP contribution in [0.3, 0.4) is 0 Å². The molecule has 0 saturated heterocycles. The van der Waals surface area contributed by atoms with Crippen LogP contribution in [0.2, 0.25) is 0 Å². The third kappa shape index (κ3) is 1.74. The second kappa shape index (κ2) is 3.66. The molecule has 0 saturated carbocycles. The number of hydrogen-bond donors (Lipinski definition) is 1. The monoisotopic (exact) mass is 269 g/mol. The maximum atomic E-state index is 11.7. The molecule has 1 aromatic carbocycles. The summed E-state index contributed by atoms with van der Waals surface area (Å²) >= 11 is 3.26. The molecule has 0 radical (unpaired) electrons. The van der Waals surface area contributed by atoms with E-state index < -0.39 is 0 Å². The van der Waals surface area contributed by atoms with Crippen LogP contribution in [0.25, 0.3) is 10.9 Å². The standard InChI is InChI=1S/C10H9BrN2O2/c1-5-12-8-4-9(15-2)7(11)3-6(8)10(14)13-5/h3-4H,1-2H3,(H,12,13,14)/i4D. The fourth-order valence-electron chi connectivity index (χ4n) is 1.33. The Morgan fingerprint density at radius 2 is 2.40 bits per heavy atom. The van der Waals surface area contributed by atoms with E-state index >= 15 is 0 Å². The fourth-order valence-corrected chi connectivity index (χ4v) is 1.82. The maximum Gasteiger partial charge on any atom is 0.258 e. The molecule has 0 fully saturated rings. The molecule has 2 aromatic rings. The Balaban J connectivity index is 2.99. The quantitative estimate of drug-likeness (QED) is 0.862. The molecule has 1 heterocycles. The van der Waals surface area contributed by atoms with Gasteiger partial charge in [-0.1, -0.05) is 0 Å². The molecule has 78 valence electrons. The van der Waals surface area contributed by atoms with Crippen LogP contribution >= 0.6 is 15.9 Å². The summed E-state index contributed by atoms with van der Waals surface area (Å²) in [5.74, 6) is 0.861. The number of halogens is 1. The first kappa shape index (κ1) is 8.91. The van der Waals surface area contributed by atoms with Crippen LogP contribution in [0, 0.1) is 6.92 Å². The molecule has 2 rings (SSSR count). The molecule has 0 aliphatic rings. The number of fused-ring (bicyclic) bond motifs is 1. The number of hydrogen-bond acceptors (Lipinski definition) is 3. The van der Waals surface area contributed by atoms with Crippen LogP contribution in [-0.2, 0) is 0 Å². The van der Waals surface area contributed by atoms with Gasteiger partial charge in [0.2, 0.25) is 0 Å². The van der Waals surface area contributed by atoms with Crippen LogP contribution in [0.1, 0.15) is 7.20 Å². The van der Waals surface area contributed by atoms with E-state index in [4.69, 9.17) is 6.11 Å². The van der Waals surface area contributed by atoms with Gasteiger partial charge in [0, 0.05) is 6.04 Å². The molecule has 5 heteroatoms. The smallest absolute Gasteiger partial charge is 0.258 e. The Morgan fingerprint density at radius 3 is 3.07 bits per heavy atom. The molecule has 0 aliphatic carbocycles. The van der Waals surface area contributed by atoms with Crippen molar-refractivity contribution < 1.29 is 6.11 Å². The van der Waals surface area contributed by atoms with Gasteiger partial charge in [0.15, 0.2) is 0 Å². The number of nitrogens with zero attached hydrogens (tertiary/aromatic N) is 1.